The average Bonchev–Trinajstić information content (AvgIpc) is 1.50. The maximum absolute atomic E-state index is 6.25. The minimum Gasteiger partial charge on any atom is -0.512 e. The van der Waals surface area contributed by atoms with Gasteiger partial charge in [-0.2, -0.15) is 0 Å². The Balaban J connectivity index is -0.00000000500. The molecule has 0 aromatic carbocycles. The molecule has 0 aromatic heterocycles. The van der Waals surface area contributed by atoms with Gasteiger partial charge in [0, 0.05) is 21.1 Å². The third-order valence-corrected chi connectivity index (χ3v) is 0. The number of hydrogen-bond acceptors (Lipinski definition) is 2. The minimum atomic E-state index is 0. The zero-order chi connectivity index (χ0) is 4.00. The van der Waals surface area contributed by atoms with Crippen molar-refractivity contribution < 1.29 is 42.1 Å². The topological polar surface area (TPSA) is 47.6 Å². The predicted molar refractivity (Wildman–Crippen MR) is 9.94 cm³/mol. The summed E-state index contributed by atoms with van der Waals surface area (Å²) in [6.45, 7) is 9.50. The molecule has 6 heavy (non-hydrogen) atoms. The third-order valence-electron chi connectivity index (χ3n) is 0. The van der Waals surface area contributed by atoms with E-state index in [1.54, 1.807) is 0 Å². The molecule has 0 N–H and O–H groups in total. The summed E-state index contributed by atoms with van der Waals surface area (Å²) < 4.78 is 0. The summed E-state index contributed by atoms with van der Waals surface area (Å²) >= 11 is 0. The fourth-order valence-corrected chi connectivity index (χ4v) is 0. The standard InChI is InChI=1S/2CN.2Pt/c2*1-2;;/q2*-1;;+2. The van der Waals surface area contributed by atoms with Gasteiger partial charge in [-0.05, 0) is 0 Å². The van der Waals surface area contributed by atoms with Crippen LogP contribution in [0.4, 0.5) is 0 Å². The van der Waals surface area contributed by atoms with E-state index in [9.17, 15) is 0 Å². The Morgan fingerprint density at radius 1 is 0.833 bits per heavy atom. The van der Waals surface area contributed by atoms with Crippen LogP contribution in [0.2, 0.25) is 0 Å². The Kier molecular flexibility index (Phi) is 4380. The van der Waals surface area contributed by atoms with Crippen molar-refractivity contribution in [3.63, 3.8) is 0 Å². The van der Waals surface area contributed by atoms with E-state index in [0.29, 0.717) is 0 Å². The summed E-state index contributed by atoms with van der Waals surface area (Å²) in [7, 11) is 0. The van der Waals surface area contributed by atoms with E-state index in [-0.39, 0.29) is 42.1 Å². The van der Waals surface area contributed by atoms with Gasteiger partial charge in [0.15, 0.2) is 0 Å². The summed E-state index contributed by atoms with van der Waals surface area (Å²) in [6, 6.07) is 0. The molecule has 0 saturated heterocycles. The Hall–Kier alpha value is 0.357. The van der Waals surface area contributed by atoms with Crippen LogP contribution in [-0.4, -0.2) is 0 Å². The predicted octanol–water partition coefficient (Wildman–Crippen LogP) is 0.188. The molecule has 0 heterocycles. The molecule has 0 atom stereocenters. The van der Waals surface area contributed by atoms with Crippen molar-refractivity contribution >= 4 is 0 Å². The Morgan fingerprint density at radius 3 is 0.833 bits per heavy atom. The first-order valence-corrected chi connectivity index (χ1v) is 0.447. The van der Waals surface area contributed by atoms with Crippen LogP contribution >= 0.6 is 0 Å². The van der Waals surface area contributed by atoms with Crippen molar-refractivity contribution in [1.82, 2.24) is 0 Å². The van der Waals surface area contributed by atoms with Gasteiger partial charge in [0.2, 0.25) is 0 Å². The fraction of sp³-hybridized carbons (Fsp3) is 0. The molecule has 0 amide bonds. The van der Waals surface area contributed by atoms with Crippen molar-refractivity contribution in [2.75, 3.05) is 0 Å². The van der Waals surface area contributed by atoms with Gasteiger partial charge in [-0.25, -0.2) is 0 Å². The average molecular weight is 442 g/mol. The summed E-state index contributed by atoms with van der Waals surface area (Å²) in [4.78, 5) is 0. The number of hydrogen-bond donors (Lipinski definition) is 0. The van der Waals surface area contributed by atoms with Crippen LogP contribution in [0.25, 0.3) is 0 Å². The molecule has 0 aliphatic rings. The minimum absolute atomic E-state index is 0. The van der Waals surface area contributed by atoms with Gasteiger partial charge in [0.1, 0.15) is 0 Å². The molecule has 0 radical (unpaired) electrons. The molecular formula is C2N2Pt2. The van der Waals surface area contributed by atoms with Gasteiger partial charge in [-0.15, -0.1) is 0 Å². The van der Waals surface area contributed by atoms with Crippen LogP contribution in [0, 0.1) is 23.7 Å². The molecule has 0 spiro atoms. The number of nitrogens with zero attached hydrogens (tertiary/aromatic N) is 2. The fourth-order valence-electron chi connectivity index (χ4n) is 0. The van der Waals surface area contributed by atoms with Gasteiger partial charge in [0.25, 0.3) is 0 Å². The van der Waals surface area contributed by atoms with E-state index in [1.165, 1.54) is 0 Å². The van der Waals surface area contributed by atoms with Crippen LogP contribution < -0.4 is 0 Å². The smallest absolute Gasteiger partial charge is 0.512 e. The molecular weight excluding hydrogens is 442 g/mol. The summed E-state index contributed by atoms with van der Waals surface area (Å²) in [5.41, 5.74) is 0. The van der Waals surface area contributed by atoms with Gasteiger partial charge >= 0.3 is 21.1 Å². The van der Waals surface area contributed by atoms with E-state index < -0.39 is 0 Å². The molecule has 38 valence electrons. The SMILES string of the molecule is [C-]#N.[C-]#N.[Pt+2].[Pt]. The first kappa shape index (κ1) is 32.8. The summed E-state index contributed by atoms with van der Waals surface area (Å²) in [5.74, 6) is 0. The van der Waals surface area contributed by atoms with E-state index in [0.717, 1.165) is 0 Å². The second kappa shape index (κ2) is 799. The van der Waals surface area contributed by atoms with Crippen LogP contribution in [0.5, 0.6) is 0 Å². The zero-order valence-corrected chi connectivity index (χ0v) is 7.07. The monoisotopic (exact) mass is 442 g/mol. The van der Waals surface area contributed by atoms with E-state index in [2.05, 4.69) is 0 Å². The normalized spacial score (nSPS) is 0.667. The molecule has 0 rings (SSSR count). The van der Waals surface area contributed by atoms with Crippen LogP contribution in [0.3, 0.4) is 0 Å². The van der Waals surface area contributed by atoms with Crippen molar-refractivity contribution in [2.24, 2.45) is 0 Å². The van der Waals surface area contributed by atoms with Gasteiger partial charge < -0.3 is 23.7 Å². The van der Waals surface area contributed by atoms with Gasteiger partial charge in [-0.3, -0.25) is 0 Å². The van der Waals surface area contributed by atoms with Crippen LogP contribution in [0.15, 0.2) is 0 Å². The van der Waals surface area contributed by atoms with E-state index in [4.69, 9.17) is 23.7 Å². The Labute approximate surface area is 65.7 Å². The first-order chi connectivity index (χ1) is 2.00. The molecule has 4 heteroatoms. The van der Waals surface area contributed by atoms with Crippen molar-refractivity contribution in [3.05, 3.63) is 13.1 Å². The second-order valence-corrected chi connectivity index (χ2v) is 0. The third kappa shape index (κ3) is 386. The quantitative estimate of drug-likeness (QED) is 0.504. The van der Waals surface area contributed by atoms with Gasteiger partial charge in [-0.1, -0.05) is 0 Å². The first-order valence-electron chi connectivity index (χ1n) is 0.447. The Morgan fingerprint density at radius 2 is 0.833 bits per heavy atom. The molecule has 0 aromatic rings. The largest absolute Gasteiger partial charge is 2.00 e. The van der Waals surface area contributed by atoms with E-state index >= 15 is 0 Å². The van der Waals surface area contributed by atoms with Crippen molar-refractivity contribution in [3.8, 4) is 0 Å². The van der Waals surface area contributed by atoms with Gasteiger partial charge in [0.05, 0.1) is 0 Å². The maximum atomic E-state index is 6.25. The van der Waals surface area contributed by atoms with Crippen molar-refractivity contribution in [2.45, 2.75) is 0 Å². The van der Waals surface area contributed by atoms with Crippen molar-refractivity contribution in [1.29, 1.82) is 10.5 Å². The second-order valence-electron chi connectivity index (χ2n) is 0. The summed E-state index contributed by atoms with van der Waals surface area (Å²) in [5, 5.41) is 12.5. The number of rotatable bonds is 0. The molecule has 0 unspecified atom stereocenters. The molecule has 0 saturated carbocycles. The summed E-state index contributed by atoms with van der Waals surface area (Å²) in [6.07, 6.45) is 0. The maximum Gasteiger partial charge on any atom is 2.00 e. The molecule has 0 bridgehead atoms. The molecule has 0 fully saturated rings. The van der Waals surface area contributed by atoms with E-state index in [1.807, 2.05) is 0 Å². The Bertz CT molecular complexity index is 25.0. The molecule has 2 nitrogen and oxygen atoms in total. The molecule has 0 aliphatic carbocycles. The van der Waals surface area contributed by atoms with Crippen LogP contribution in [-0.2, 0) is 42.1 Å². The molecule has 0 aliphatic heterocycles. The zero-order valence-electron chi connectivity index (χ0n) is 2.53. The van der Waals surface area contributed by atoms with Crippen LogP contribution in [0.1, 0.15) is 0 Å².